The zero-order valence-corrected chi connectivity index (χ0v) is 15.9. The third-order valence-corrected chi connectivity index (χ3v) is 4.10. The van der Waals surface area contributed by atoms with E-state index in [1.807, 2.05) is 0 Å². The summed E-state index contributed by atoms with van der Waals surface area (Å²) in [5.41, 5.74) is 0.794. The number of benzene rings is 1. The highest BCUT2D eigenvalue weighted by molar-refractivity contribution is 6.31. The van der Waals surface area contributed by atoms with E-state index in [4.69, 9.17) is 17.0 Å². The van der Waals surface area contributed by atoms with Gasteiger partial charge in [-0.25, -0.2) is 14.4 Å². The van der Waals surface area contributed by atoms with Crippen LogP contribution in [-0.4, -0.2) is 51.9 Å². The van der Waals surface area contributed by atoms with Crippen molar-refractivity contribution in [3.05, 3.63) is 46.9 Å². The van der Waals surface area contributed by atoms with Crippen molar-refractivity contribution in [3.63, 3.8) is 0 Å². The van der Waals surface area contributed by atoms with Crippen LogP contribution < -0.4 is 10.4 Å². The smallest absolute Gasteiger partial charge is 0.370 e. The predicted octanol–water partition coefficient (Wildman–Crippen LogP) is 3.96. The molecule has 4 N–H and O–H groups in total. The molecule has 8 nitrogen and oxygen atoms in total. The van der Waals surface area contributed by atoms with Crippen molar-refractivity contribution in [1.82, 2.24) is 15.0 Å². The highest BCUT2D eigenvalue weighted by Gasteiger charge is 2.27. The van der Waals surface area contributed by atoms with Gasteiger partial charge in [0.15, 0.2) is 11.5 Å². The van der Waals surface area contributed by atoms with Crippen LogP contribution in [0.3, 0.4) is 0 Å². The highest BCUT2D eigenvalue weighted by Crippen LogP contribution is 2.25. The molecule has 2 heterocycles. The number of aromatic nitrogens is 3. The van der Waals surface area contributed by atoms with Crippen molar-refractivity contribution in [2.24, 2.45) is 0 Å². The Morgan fingerprint density at radius 3 is 2.80 bits per heavy atom. The molecule has 0 spiro atoms. The molecule has 0 saturated carbocycles. The number of anilines is 2. The molecule has 3 rings (SSSR count). The fraction of sp³-hybridized carbons (Fsp3) is 0.235. The van der Waals surface area contributed by atoms with Gasteiger partial charge in [-0.05, 0) is 24.3 Å². The van der Waals surface area contributed by atoms with Gasteiger partial charge in [0.1, 0.15) is 12.4 Å². The quantitative estimate of drug-likeness (QED) is 0.144. The number of halogens is 5. The second-order valence-corrected chi connectivity index (χ2v) is 6.40. The van der Waals surface area contributed by atoms with E-state index in [0.29, 0.717) is 10.6 Å². The minimum atomic E-state index is -4.40. The Kier molecular flexibility index (Phi) is 6.39. The van der Waals surface area contributed by atoms with Crippen LogP contribution in [0.5, 0.6) is 0 Å². The van der Waals surface area contributed by atoms with Crippen LogP contribution in [0.1, 0.15) is 5.56 Å². The molecule has 160 valence electrons. The molecule has 0 atom stereocenters. The first kappa shape index (κ1) is 21.7. The Morgan fingerprint density at radius 2 is 2.10 bits per heavy atom. The first-order valence-corrected chi connectivity index (χ1v) is 8.79. The van der Waals surface area contributed by atoms with Gasteiger partial charge in [0, 0.05) is 18.3 Å². The number of nitrogens with one attached hydrogen (secondary N) is 3. The Hall–Kier alpha value is -2.96. The van der Waals surface area contributed by atoms with Gasteiger partial charge in [-0.15, -0.1) is 0 Å². The number of hydrogen-bond acceptors (Lipinski definition) is 6. The van der Waals surface area contributed by atoms with Crippen LogP contribution in [0.15, 0.2) is 30.5 Å². The number of rotatable bonds is 7. The molecule has 0 unspecified atom stereocenters. The van der Waals surface area contributed by atoms with Gasteiger partial charge in [0.25, 0.3) is 0 Å². The molecule has 30 heavy (non-hydrogen) atoms. The van der Waals surface area contributed by atoms with E-state index in [1.165, 1.54) is 18.3 Å². The zero-order chi connectivity index (χ0) is 21.9. The van der Waals surface area contributed by atoms with Crippen LogP contribution in [-0.2, 0) is 4.74 Å². The normalized spacial score (nSPS) is 11.7. The summed E-state index contributed by atoms with van der Waals surface area (Å²) in [6.45, 7) is -1.51. The lowest BCUT2D eigenvalue weighted by Crippen LogP contribution is -2.27. The molecule has 0 bridgehead atoms. The van der Waals surface area contributed by atoms with E-state index < -0.39 is 18.6 Å². The van der Waals surface area contributed by atoms with Crippen molar-refractivity contribution in [1.29, 1.82) is 5.41 Å². The summed E-state index contributed by atoms with van der Waals surface area (Å²) in [5, 5.41) is 21.6. The largest absolute Gasteiger partial charge is 0.411 e. The Bertz CT molecular complexity index is 1060. The van der Waals surface area contributed by atoms with Gasteiger partial charge >= 0.3 is 6.18 Å². The third kappa shape index (κ3) is 5.14. The summed E-state index contributed by atoms with van der Waals surface area (Å²) in [6.07, 6.45) is -3.03. The number of aromatic amines is 1. The fourth-order valence-corrected chi connectivity index (χ4v) is 2.66. The van der Waals surface area contributed by atoms with Crippen molar-refractivity contribution < 1.29 is 27.5 Å². The third-order valence-electron chi connectivity index (χ3n) is 3.81. The highest BCUT2D eigenvalue weighted by atomic mass is 35.5. The monoisotopic (exact) mass is 446 g/mol. The minimum Gasteiger partial charge on any atom is -0.370 e. The SMILES string of the molecule is N=C(c1ccnc2nc(NCCOCC(F)(F)F)[nH]c12)N(O)c1ccc(F)c(Cl)c1. The molecule has 0 fully saturated rings. The number of imidazole rings is 1. The lowest BCUT2D eigenvalue weighted by molar-refractivity contribution is -0.172. The number of amidine groups is 1. The van der Waals surface area contributed by atoms with Crippen molar-refractivity contribution in [2.75, 3.05) is 30.1 Å². The Labute approximate surface area is 171 Å². The molecule has 0 aliphatic rings. The molecule has 0 radical (unpaired) electrons. The first-order chi connectivity index (χ1) is 14.2. The van der Waals surface area contributed by atoms with Gasteiger partial charge in [-0.2, -0.15) is 18.2 Å². The van der Waals surface area contributed by atoms with E-state index in [9.17, 15) is 22.8 Å². The lowest BCUT2D eigenvalue weighted by Gasteiger charge is -2.18. The van der Waals surface area contributed by atoms with Gasteiger partial charge < -0.3 is 15.0 Å². The molecule has 0 aliphatic carbocycles. The van der Waals surface area contributed by atoms with E-state index in [-0.39, 0.29) is 46.9 Å². The summed E-state index contributed by atoms with van der Waals surface area (Å²) in [7, 11) is 0. The van der Waals surface area contributed by atoms with E-state index in [2.05, 4.69) is 25.0 Å². The van der Waals surface area contributed by atoms with E-state index >= 15 is 0 Å². The molecule has 0 aliphatic heterocycles. The molecule has 0 saturated heterocycles. The van der Waals surface area contributed by atoms with E-state index in [1.54, 1.807) is 0 Å². The molecular weight excluding hydrogens is 432 g/mol. The van der Waals surface area contributed by atoms with E-state index in [0.717, 1.165) is 12.1 Å². The number of nitrogens with zero attached hydrogens (tertiary/aromatic N) is 3. The average molecular weight is 447 g/mol. The van der Waals surface area contributed by atoms with Gasteiger partial charge in [0.2, 0.25) is 5.95 Å². The first-order valence-electron chi connectivity index (χ1n) is 8.42. The minimum absolute atomic E-state index is 0.0445. The van der Waals surface area contributed by atoms with Crippen LogP contribution in [0.4, 0.5) is 29.2 Å². The fourth-order valence-electron chi connectivity index (χ4n) is 2.48. The van der Waals surface area contributed by atoms with Crippen LogP contribution in [0.25, 0.3) is 11.2 Å². The molecular formula is C17H15ClF4N6O2. The maximum absolute atomic E-state index is 13.3. The Morgan fingerprint density at radius 1 is 1.33 bits per heavy atom. The van der Waals surface area contributed by atoms with Gasteiger partial charge in [0.05, 0.1) is 22.8 Å². The summed E-state index contributed by atoms with van der Waals surface area (Å²) < 4.78 is 54.0. The maximum atomic E-state index is 13.3. The average Bonchev–Trinajstić information content (AvgIpc) is 3.10. The maximum Gasteiger partial charge on any atom is 0.411 e. The van der Waals surface area contributed by atoms with Crippen LogP contribution in [0, 0.1) is 11.2 Å². The number of fused-ring (bicyclic) bond motifs is 1. The lowest BCUT2D eigenvalue weighted by atomic mass is 10.2. The summed E-state index contributed by atoms with van der Waals surface area (Å²) >= 11 is 5.71. The second kappa shape index (κ2) is 8.81. The summed E-state index contributed by atoms with van der Waals surface area (Å²) in [6, 6.07) is 4.91. The van der Waals surface area contributed by atoms with Crippen molar-refractivity contribution in [2.45, 2.75) is 6.18 Å². The molecule has 13 heteroatoms. The van der Waals surface area contributed by atoms with Gasteiger partial charge in [-0.3, -0.25) is 10.6 Å². The number of alkyl halides is 3. The summed E-state index contributed by atoms with van der Waals surface area (Å²) in [5.74, 6) is -0.841. The number of hydroxylamine groups is 1. The van der Waals surface area contributed by atoms with Gasteiger partial charge in [-0.1, -0.05) is 11.6 Å². The number of H-pyrrole nitrogens is 1. The Balaban J connectivity index is 1.73. The number of ether oxygens (including phenoxy) is 1. The molecule has 2 aromatic heterocycles. The zero-order valence-electron chi connectivity index (χ0n) is 15.1. The second-order valence-electron chi connectivity index (χ2n) is 6.00. The molecule has 1 aromatic carbocycles. The number of pyridine rings is 1. The van der Waals surface area contributed by atoms with Crippen LogP contribution >= 0.6 is 11.6 Å². The van der Waals surface area contributed by atoms with Crippen LogP contribution in [0.2, 0.25) is 5.02 Å². The summed E-state index contributed by atoms with van der Waals surface area (Å²) in [4.78, 5) is 11.0. The molecule has 0 amide bonds. The topological polar surface area (TPSA) is 110 Å². The predicted molar refractivity (Wildman–Crippen MR) is 102 cm³/mol. The number of hydrogen-bond donors (Lipinski definition) is 4. The van der Waals surface area contributed by atoms with Crippen molar-refractivity contribution >= 4 is 40.2 Å². The van der Waals surface area contributed by atoms with Crippen molar-refractivity contribution in [3.8, 4) is 0 Å². The standard InChI is InChI=1S/C17H15ClF4N6O2/c18-11-7-9(1-2-12(11)19)28(29)14(23)10-3-4-24-15-13(10)26-16(27-15)25-5-6-30-8-17(20,21)22/h1-4,7,23,29H,5-6,8H2,(H2,24,25,26,27). The molecule has 3 aromatic rings.